The van der Waals surface area contributed by atoms with Gasteiger partial charge in [-0.15, -0.1) is 0 Å². The molecule has 1 aromatic heterocycles. The van der Waals surface area contributed by atoms with Gasteiger partial charge in [0.05, 0.1) is 17.7 Å². The van der Waals surface area contributed by atoms with E-state index in [4.69, 9.17) is 17.3 Å². The number of anilines is 2. The maximum Gasteiger partial charge on any atom is 0.0954 e. The third kappa shape index (κ3) is 2.70. The molecule has 0 fully saturated rings. The van der Waals surface area contributed by atoms with Crippen LogP contribution >= 0.6 is 27.5 Å². The summed E-state index contributed by atoms with van der Waals surface area (Å²) in [5.74, 6) is 0. The highest BCUT2D eigenvalue weighted by Gasteiger charge is 2.06. The molecule has 1 aromatic carbocycles. The van der Waals surface area contributed by atoms with Gasteiger partial charge in [0.2, 0.25) is 0 Å². The van der Waals surface area contributed by atoms with E-state index in [9.17, 15) is 0 Å². The van der Waals surface area contributed by atoms with E-state index in [1.54, 1.807) is 6.20 Å². The van der Waals surface area contributed by atoms with Gasteiger partial charge in [-0.3, -0.25) is 4.98 Å². The Kier molecular flexibility index (Phi) is 3.54. The predicted octanol–water partition coefficient (Wildman–Crippen LogP) is 3.74. The topological polar surface area (TPSA) is 50.9 Å². The number of nitrogens with two attached hydrogens (primary N) is 1. The van der Waals surface area contributed by atoms with Gasteiger partial charge >= 0.3 is 0 Å². The number of nitrogens with zero attached hydrogens (tertiary/aromatic N) is 1. The zero-order valence-electron chi connectivity index (χ0n) is 9.00. The molecule has 0 saturated heterocycles. The fraction of sp³-hybridized carbons (Fsp3) is 0.0833. The second-order valence-corrected chi connectivity index (χ2v) is 5.07. The van der Waals surface area contributed by atoms with Crippen molar-refractivity contribution in [3.8, 4) is 0 Å². The molecule has 0 spiro atoms. The Morgan fingerprint density at radius 1 is 1.53 bits per heavy atom. The molecule has 1 heterocycles. The minimum atomic E-state index is 0.498. The van der Waals surface area contributed by atoms with Crippen LogP contribution in [0, 0.1) is 0 Å². The molecule has 5 heteroatoms. The van der Waals surface area contributed by atoms with Crippen molar-refractivity contribution < 1.29 is 0 Å². The van der Waals surface area contributed by atoms with Crippen LogP contribution in [0.15, 0.2) is 40.5 Å². The zero-order valence-corrected chi connectivity index (χ0v) is 11.3. The van der Waals surface area contributed by atoms with E-state index in [0.717, 1.165) is 21.1 Å². The van der Waals surface area contributed by atoms with E-state index < -0.39 is 0 Å². The van der Waals surface area contributed by atoms with Crippen LogP contribution in [0.25, 0.3) is 10.9 Å². The lowest BCUT2D eigenvalue weighted by Crippen LogP contribution is -2.02. The average Bonchev–Trinajstić information content (AvgIpc) is 2.28. The van der Waals surface area contributed by atoms with Crippen molar-refractivity contribution in [1.82, 2.24) is 4.98 Å². The van der Waals surface area contributed by atoms with Gasteiger partial charge in [-0.25, -0.2) is 0 Å². The Hall–Kier alpha value is -1.26. The van der Waals surface area contributed by atoms with Gasteiger partial charge < -0.3 is 11.1 Å². The van der Waals surface area contributed by atoms with Crippen LogP contribution in [0.5, 0.6) is 0 Å². The van der Waals surface area contributed by atoms with Crippen molar-refractivity contribution in [2.75, 3.05) is 17.6 Å². The van der Waals surface area contributed by atoms with Crippen LogP contribution in [0.4, 0.5) is 11.4 Å². The number of nitrogen functional groups attached to an aromatic ring is 1. The highest BCUT2D eigenvalue weighted by atomic mass is 79.9. The summed E-state index contributed by atoms with van der Waals surface area (Å²) in [6, 6.07) is 5.67. The molecular weight excluding hydrogens is 302 g/mol. The molecule has 0 radical (unpaired) electrons. The third-order valence-electron chi connectivity index (χ3n) is 2.32. The monoisotopic (exact) mass is 311 g/mol. The van der Waals surface area contributed by atoms with Gasteiger partial charge in [0.25, 0.3) is 0 Å². The summed E-state index contributed by atoms with van der Waals surface area (Å²) in [5.41, 5.74) is 8.33. The largest absolute Gasteiger partial charge is 0.398 e. The molecule has 0 amide bonds. The summed E-state index contributed by atoms with van der Waals surface area (Å²) < 4.78 is 0.899. The maximum atomic E-state index is 5.92. The first-order valence-corrected chi connectivity index (χ1v) is 6.16. The normalized spacial score (nSPS) is 10.5. The molecule has 88 valence electrons. The molecule has 0 bridgehead atoms. The number of nitrogens with one attached hydrogen (secondary N) is 1. The molecular formula is C12H11BrClN3. The van der Waals surface area contributed by atoms with Crippen LogP contribution < -0.4 is 11.1 Å². The van der Waals surface area contributed by atoms with E-state index in [-0.39, 0.29) is 0 Å². The highest BCUT2D eigenvalue weighted by Crippen LogP contribution is 2.28. The lowest BCUT2D eigenvalue weighted by atomic mass is 10.1. The summed E-state index contributed by atoms with van der Waals surface area (Å²) >= 11 is 9.11. The standard InChI is InChI=1S/C12H11BrClN3/c1-7(14)5-16-11-3-2-10(15)9-4-8(13)6-17-12(9)11/h2-4,6,16H,1,5,15H2. The summed E-state index contributed by atoms with van der Waals surface area (Å²) in [7, 11) is 0. The zero-order chi connectivity index (χ0) is 12.4. The fourth-order valence-electron chi connectivity index (χ4n) is 1.55. The van der Waals surface area contributed by atoms with Gasteiger partial charge in [-0.05, 0) is 34.1 Å². The minimum absolute atomic E-state index is 0.498. The molecule has 3 nitrogen and oxygen atoms in total. The minimum Gasteiger partial charge on any atom is -0.398 e. The summed E-state index contributed by atoms with van der Waals surface area (Å²) in [4.78, 5) is 4.36. The van der Waals surface area contributed by atoms with Crippen molar-refractivity contribution >= 4 is 49.8 Å². The van der Waals surface area contributed by atoms with Crippen LogP contribution in [0.3, 0.4) is 0 Å². The van der Waals surface area contributed by atoms with Crippen LogP contribution in [-0.4, -0.2) is 11.5 Å². The number of hydrogen-bond donors (Lipinski definition) is 2. The van der Waals surface area contributed by atoms with Crippen LogP contribution in [0.1, 0.15) is 0 Å². The third-order valence-corrected chi connectivity index (χ3v) is 2.89. The number of pyridine rings is 1. The van der Waals surface area contributed by atoms with Gasteiger partial charge in [-0.1, -0.05) is 18.2 Å². The smallest absolute Gasteiger partial charge is 0.0954 e. The number of fused-ring (bicyclic) bond motifs is 1. The van der Waals surface area contributed by atoms with E-state index in [1.807, 2.05) is 18.2 Å². The first-order chi connectivity index (χ1) is 8.08. The summed E-state index contributed by atoms with van der Waals surface area (Å²) in [6.45, 7) is 4.13. The van der Waals surface area contributed by atoms with Gasteiger partial charge in [0, 0.05) is 26.8 Å². The Bertz CT molecular complexity index is 583. The number of halogens is 2. The fourth-order valence-corrected chi connectivity index (χ4v) is 1.95. The number of hydrogen-bond acceptors (Lipinski definition) is 3. The van der Waals surface area contributed by atoms with E-state index >= 15 is 0 Å². The van der Waals surface area contributed by atoms with E-state index in [1.165, 1.54) is 0 Å². The second-order valence-electron chi connectivity index (χ2n) is 3.62. The first kappa shape index (κ1) is 12.2. The molecule has 2 aromatic rings. The Labute approximate surface area is 113 Å². The van der Waals surface area contributed by atoms with E-state index in [2.05, 4.69) is 32.8 Å². The molecule has 0 aliphatic rings. The molecule has 3 N–H and O–H groups in total. The average molecular weight is 313 g/mol. The maximum absolute atomic E-state index is 5.92. The number of benzene rings is 1. The van der Waals surface area contributed by atoms with Gasteiger partial charge in [-0.2, -0.15) is 0 Å². The molecule has 0 aliphatic heterocycles. The summed E-state index contributed by atoms with van der Waals surface area (Å²) in [5, 5.41) is 4.62. The number of rotatable bonds is 3. The second kappa shape index (κ2) is 4.94. The van der Waals surface area contributed by atoms with Crippen molar-refractivity contribution in [2.45, 2.75) is 0 Å². The first-order valence-electron chi connectivity index (χ1n) is 4.99. The number of aromatic nitrogens is 1. The molecule has 0 unspecified atom stereocenters. The molecule has 0 aliphatic carbocycles. The predicted molar refractivity (Wildman–Crippen MR) is 77.3 cm³/mol. The van der Waals surface area contributed by atoms with Crippen molar-refractivity contribution in [1.29, 1.82) is 0 Å². The lowest BCUT2D eigenvalue weighted by molar-refractivity contribution is 1.30. The van der Waals surface area contributed by atoms with Gasteiger partial charge in [0.15, 0.2) is 0 Å². The highest BCUT2D eigenvalue weighted by molar-refractivity contribution is 9.10. The molecule has 0 saturated carbocycles. The van der Waals surface area contributed by atoms with Crippen molar-refractivity contribution in [2.24, 2.45) is 0 Å². The Morgan fingerprint density at radius 2 is 2.29 bits per heavy atom. The van der Waals surface area contributed by atoms with Gasteiger partial charge in [0.1, 0.15) is 0 Å². The van der Waals surface area contributed by atoms with E-state index in [0.29, 0.717) is 17.3 Å². The molecule has 0 atom stereocenters. The van der Waals surface area contributed by atoms with Crippen LogP contribution in [0.2, 0.25) is 0 Å². The van der Waals surface area contributed by atoms with Crippen molar-refractivity contribution in [3.05, 3.63) is 40.5 Å². The lowest BCUT2D eigenvalue weighted by Gasteiger charge is -2.10. The Balaban J connectivity index is 2.50. The van der Waals surface area contributed by atoms with Crippen molar-refractivity contribution in [3.63, 3.8) is 0 Å². The van der Waals surface area contributed by atoms with Crippen LogP contribution in [-0.2, 0) is 0 Å². The quantitative estimate of drug-likeness (QED) is 0.849. The summed E-state index contributed by atoms with van der Waals surface area (Å²) in [6.07, 6.45) is 1.74. The molecule has 17 heavy (non-hydrogen) atoms. The SMILES string of the molecule is C=C(Cl)CNc1ccc(N)c2cc(Br)cnc12. The molecule has 2 rings (SSSR count). The Morgan fingerprint density at radius 3 is 3.00 bits per heavy atom.